The summed E-state index contributed by atoms with van der Waals surface area (Å²) < 4.78 is 15.1. The Hall–Kier alpha value is -2.37. The number of carboxylic acids is 1. The number of fused-ring (bicyclic) bond motifs is 1. The number of aromatic nitrogens is 2. The molecule has 4 rings (SSSR count). The molecule has 0 fully saturated rings. The molecule has 7 heteroatoms. The highest BCUT2D eigenvalue weighted by Gasteiger charge is 2.33. The van der Waals surface area contributed by atoms with Gasteiger partial charge >= 0.3 is 5.97 Å². The SMILES string of the molecule is O=C(O)[C@@H]1CCCc2c1nn(-c1ccc(Cl)cc1Cl)c2-c1ccc(F)cc1. The summed E-state index contributed by atoms with van der Waals surface area (Å²) in [6.07, 6.45) is 1.99. The number of benzene rings is 2. The average Bonchev–Trinajstić information content (AvgIpc) is 3.01. The lowest BCUT2D eigenvalue weighted by Crippen LogP contribution is -2.17. The van der Waals surface area contributed by atoms with Crippen molar-refractivity contribution in [1.29, 1.82) is 0 Å². The Labute approximate surface area is 165 Å². The minimum absolute atomic E-state index is 0.341. The largest absolute Gasteiger partial charge is 0.481 e. The summed E-state index contributed by atoms with van der Waals surface area (Å²) in [5.74, 6) is -1.90. The van der Waals surface area contributed by atoms with Crippen molar-refractivity contribution in [3.8, 4) is 16.9 Å². The lowest BCUT2D eigenvalue weighted by atomic mass is 9.85. The third kappa shape index (κ3) is 3.22. The van der Waals surface area contributed by atoms with E-state index in [2.05, 4.69) is 5.10 Å². The van der Waals surface area contributed by atoms with Crippen LogP contribution in [0.15, 0.2) is 42.5 Å². The fourth-order valence-electron chi connectivity index (χ4n) is 3.59. The molecule has 1 atom stereocenters. The minimum Gasteiger partial charge on any atom is -0.481 e. The second-order valence-corrected chi connectivity index (χ2v) is 7.35. The lowest BCUT2D eigenvalue weighted by Gasteiger charge is -2.18. The number of carboxylic acid groups (broad SMARTS) is 1. The lowest BCUT2D eigenvalue weighted by molar-refractivity contribution is -0.139. The maximum absolute atomic E-state index is 13.4. The van der Waals surface area contributed by atoms with E-state index >= 15 is 0 Å². The Bertz CT molecular complexity index is 1030. The van der Waals surface area contributed by atoms with Gasteiger partial charge in [-0.3, -0.25) is 4.79 Å². The first kappa shape index (κ1) is 18.0. The van der Waals surface area contributed by atoms with Crippen molar-refractivity contribution in [3.63, 3.8) is 0 Å². The van der Waals surface area contributed by atoms with Gasteiger partial charge in [-0.1, -0.05) is 23.2 Å². The fraction of sp³-hybridized carbons (Fsp3) is 0.200. The molecule has 2 aromatic carbocycles. The van der Waals surface area contributed by atoms with E-state index in [1.54, 1.807) is 35.0 Å². The van der Waals surface area contributed by atoms with Crippen molar-refractivity contribution < 1.29 is 14.3 Å². The molecule has 1 aromatic heterocycles. The molecular weight excluding hydrogens is 390 g/mol. The number of carbonyl (C=O) groups is 1. The molecule has 1 N–H and O–H groups in total. The van der Waals surface area contributed by atoms with Crippen molar-refractivity contribution in [2.75, 3.05) is 0 Å². The van der Waals surface area contributed by atoms with Crippen molar-refractivity contribution in [2.24, 2.45) is 0 Å². The summed E-state index contributed by atoms with van der Waals surface area (Å²) in [7, 11) is 0. The van der Waals surface area contributed by atoms with E-state index in [9.17, 15) is 14.3 Å². The first-order valence-corrected chi connectivity index (χ1v) is 9.27. The standard InChI is InChI=1S/C20H15Cl2FN2O2/c21-12-6-9-17(16(22)10-12)25-19(11-4-7-13(23)8-5-11)14-2-1-3-15(20(26)27)18(14)24-25/h4-10,15H,1-3H2,(H,26,27)/t15-/m1/s1. The van der Waals surface area contributed by atoms with Crippen LogP contribution < -0.4 is 0 Å². The smallest absolute Gasteiger partial charge is 0.312 e. The van der Waals surface area contributed by atoms with Crippen LogP contribution in [0, 0.1) is 5.82 Å². The molecule has 0 saturated heterocycles. The number of hydrogen-bond acceptors (Lipinski definition) is 2. The quantitative estimate of drug-likeness (QED) is 0.627. The van der Waals surface area contributed by atoms with Crippen molar-refractivity contribution in [1.82, 2.24) is 9.78 Å². The number of nitrogens with zero attached hydrogens (tertiary/aromatic N) is 2. The monoisotopic (exact) mass is 404 g/mol. The summed E-state index contributed by atoms with van der Waals surface area (Å²) in [6.45, 7) is 0. The van der Waals surface area contributed by atoms with E-state index in [0.717, 1.165) is 23.2 Å². The van der Waals surface area contributed by atoms with E-state index in [4.69, 9.17) is 23.2 Å². The topological polar surface area (TPSA) is 55.1 Å². The van der Waals surface area contributed by atoms with Gasteiger partial charge in [0.25, 0.3) is 0 Å². The third-order valence-corrected chi connectivity index (χ3v) is 5.36. The number of halogens is 3. The molecule has 1 aliphatic carbocycles. The summed E-state index contributed by atoms with van der Waals surface area (Å²) in [5.41, 5.74) is 3.49. The second kappa shape index (κ2) is 6.98. The van der Waals surface area contributed by atoms with Crippen molar-refractivity contribution in [2.45, 2.75) is 25.2 Å². The summed E-state index contributed by atoms with van der Waals surface area (Å²) in [4.78, 5) is 11.7. The molecule has 0 radical (unpaired) electrons. The Morgan fingerprint density at radius 3 is 2.59 bits per heavy atom. The first-order chi connectivity index (χ1) is 13.0. The Kier molecular flexibility index (Phi) is 4.66. The fourth-order valence-corrected chi connectivity index (χ4v) is 4.07. The highest BCUT2D eigenvalue weighted by molar-refractivity contribution is 6.35. The molecule has 0 bridgehead atoms. The maximum Gasteiger partial charge on any atom is 0.312 e. The van der Waals surface area contributed by atoms with E-state index in [1.165, 1.54) is 12.1 Å². The molecule has 0 unspecified atom stereocenters. The van der Waals surface area contributed by atoms with Gasteiger partial charge in [0.2, 0.25) is 0 Å². The van der Waals surface area contributed by atoms with E-state index in [0.29, 0.717) is 34.3 Å². The maximum atomic E-state index is 13.4. The zero-order valence-corrected chi connectivity index (χ0v) is 15.6. The van der Waals surface area contributed by atoms with Gasteiger partial charge in [0, 0.05) is 16.1 Å². The first-order valence-electron chi connectivity index (χ1n) is 8.51. The number of aliphatic carboxylic acids is 1. The summed E-state index contributed by atoms with van der Waals surface area (Å²) in [6, 6.07) is 11.1. The zero-order chi connectivity index (χ0) is 19.1. The van der Waals surface area contributed by atoms with E-state index < -0.39 is 11.9 Å². The van der Waals surface area contributed by atoms with Gasteiger partial charge in [0.1, 0.15) is 11.7 Å². The van der Waals surface area contributed by atoms with Crippen LogP contribution >= 0.6 is 23.2 Å². The molecule has 3 aromatic rings. The van der Waals surface area contributed by atoms with Crippen molar-refractivity contribution >= 4 is 29.2 Å². The highest BCUT2D eigenvalue weighted by Crippen LogP contribution is 2.40. The number of rotatable bonds is 3. The number of hydrogen-bond donors (Lipinski definition) is 1. The van der Waals surface area contributed by atoms with Crippen molar-refractivity contribution in [3.05, 3.63) is 69.6 Å². The van der Waals surface area contributed by atoms with Gasteiger partial charge in [-0.15, -0.1) is 0 Å². The van der Waals surface area contributed by atoms with Crippen LogP contribution in [0.25, 0.3) is 16.9 Å². The van der Waals surface area contributed by atoms with Crippen LogP contribution in [-0.2, 0) is 11.2 Å². The van der Waals surface area contributed by atoms with Gasteiger partial charge in [-0.25, -0.2) is 9.07 Å². The zero-order valence-electron chi connectivity index (χ0n) is 14.1. The highest BCUT2D eigenvalue weighted by atomic mass is 35.5. The van der Waals surface area contributed by atoms with Gasteiger partial charge in [-0.2, -0.15) is 5.10 Å². The molecule has 138 valence electrons. The summed E-state index contributed by atoms with van der Waals surface area (Å²) in [5, 5.41) is 15.1. The molecule has 0 amide bonds. The molecule has 1 aliphatic rings. The normalized spacial score (nSPS) is 16.2. The predicted molar refractivity (Wildman–Crippen MR) is 102 cm³/mol. The van der Waals surface area contributed by atoms with E-state index in [1.807, 2.05) is 0 Å². The Balaban J connectivity index is 1.99. The van der Waals surface area contributed by atoms with Gasteiger partial charge < -0.3 is 5.11 Å². The molecule has 4 nitrogen and oxygen atoms in total. The molecular formula is C20H15Cl2FN2O2. The van der Waals surface area contributed by atoms with Crippen LogP contribution in [-0.4, -0.2) is 20.9 Å². The Morgan fingerprint density at radius 1 is 1.19 bits per heavy atom. The molecule has 0 saturated carbocycles. The van der Waals surface area contributed by atoms with Crippen LogP contribution in [0.3, 0.4) is 0 Å². The molecule has 0 spiro atoms. The molecule has 0 aliphatic heterocycles. The molecule has 27 heavy (non-hydrogen) atoms. The van der Waals surface area contributed by atoms with Crippen LogP contribution in [0.4, 0.5) is 4.39 Å². The van der Waals surface area contributed by atoms with Gasteiger partial charge in [-0.05, 0) is 61.7 Å². The van der Waals surface area contributed by atoms with E-state index in [-0.39, 0.29) is 5.82 Å². The van der Waals surface area contributed by atoms with Gasteiger partial charge in [0.15, 0.2) is 0 Å². The average molecular weight is 405 g/mol. The molecule has 1 heterocycles. The van der Waals surface area contributed by atoms with Crippen LogP contribution in [0.2, 0.25) is 10.0 Å². The predicted octanol–water partition coefficient (Wildman–Crippen LogP) is 5.49. The Morgan fingerprint density at radius 2 is 1.93 bits per heavy atom. The van der Waals surface area contributed by atoms with Crippen LogP contribution in [0.5, 0.6) is 0 Å². The van der Waals surface area contributed by atoms with Crippen LogP contribution in [0.1, 0.15) is 30.0 Å². The summed E-state index contributed by atoms with van der Waals surface area (Å²) >= 11 is 12.4. The second-order valence-electron chi connectivity index (χ2n) is 6.51. The van der Waals surface area contributed by atoms with Gasteiger partial charge in [0.05, 0.1) is 22.1 Å². The third-order valence-electron chi connectivity index (χ3n) is 4.82. The minimum atomic E-state index is -0.895.